The van der Waals surface area contributed by atoms with Crippen molar-refractivity contribution in [2.45, 2.75) is 32.5 Å². The molecule has 22 heavy (non-hydrogen) atoms. The van der Waals surface area contributed by atoms with Crippen LogP contribution in [-0.2, 0) is 6.61 Å². The minimum atomic E-state index is -0.509. The number of hydrogen-bond donors (Lipinski definition) is 0. The van der Waals surface area contributed by atoms with E-state index in [0.29, 0.717) is 23.5 Å². The molecule has 0 spiro atoms. The van der Waals surface area contributed by atoms with Gasteiger partial charge >= 0.3 is 0 Å². The first-order valence-electron chi connectivity index (χ1n) is 7.16. The molecule has 0 saturated heterocycles. The number of ether oxygens (including phenoxy) is 2. The van der Waals surface area contributed by atoms with Gasteiger partial charge in [-0.05, 0) is 43.7 Å². The molecule has 0 bridgehead atoms. The van der Waals surface area contributed by atoms with Crippen LogP contribution in [0.4, 0.5) is 4.39 Å². The van der Waals surface area contributed by atoms with Gasteiger partial charge in [0, 0.05) is 6.07 Å². The Morgan fingerprint density at radius 3 is 2.82 bits per heavy atom. The van der Waals surface area contributed by atoms with Crippen molar-refractivity contribution in [3.8, 4) is 11.5 Å². The number of Topliss-reactive ketones (excluding diaryl/α,β-unsaturated/α-hetero) is 1. The maximum Gasteiger partial charge on any atom is 0.170 e. The summed E-state index contributed by atoms with van der Waals surface area (Å²) in [6, 6.07) is 11.4. The molecule has 1 aliphatic rings. The summed E-state index contributed by atoms with van der Waals surface area (Å²) < 4.78 is 24.6. The van der Waals surface area contributed by atoms with Crippen molar-refractivity contribution in [1.82, 2.24) is 0 Å². The van der Waals surface area contributed by atoms with Gasteiger partial charge < -0.3 is 9.47 Å². The number of hydrogen-bond acceptors (Lipinski definition) is 3. The zero-order valence-corrected chi connectivity index (χ0v) is 12.6. The number of fused-ring (bicyclic) bond motifs is 1. The van der Waals surface area contributed by atoms with E-state index in [1.807, 2.05) is 13.8 Å². The highest BCUT2D eigenvalue weighted by Gasteiger charge is 2.32. The molecule has 2 aromatic carbocycles. The topological polar surface area (TPSA) is 35.5 Å². The van der Waals surface area contributed by atoms with Crippen molar-refractivity contribution in [3.63, 3.8) is 0 Å². The number of rotatable bonds is 3. The van der Waals surface area contributed by atoms with Gasteiger partial charge in [0.05, 0.1) is 12.0 Å². The molecular formula is C18H17FO3. The van der Waals surface area contributed by atoms with Crippen LogP contribution >= 0.6 is 0 Å². The summed E-state index contributed by atoms with van der Waals surface area (Å²) in [6.45, 7) is 4.02. The van der Waals surface area contributed by atoms with E-state index in [1.165, 1.54) is 12.1 Å². The Hall–Kier alpha value is -2.36. The average molecular weight is 300 g/mol. The highest BCUT2D eigenvalue weighted by atomic mass is 19.1. The molecule has 3 nitrogen and oxygen atoms in total. The summed E-state index contributed by atoms with van der Waals surface area (Å²) in [5.74, 6) is 0.914. The van der Waals surface area contributed by atoms with E-state index in [1.54, 1.807) is 30.3 Å². The van der Waals surface area contributed by atoms with Crippen molar-refractivity contribution >= 4 is 5.78 Å². The van der Waals surface area contributed by atoms with Gasteiger partial charge in [-0.1, -0.05) is 12.1 Å². The van der Waals surface area contributed by atoms with Gasteiger partial charge in [0.2, 0.25) is 0 Å². The molecule has 0 atom stereocenters. The minimum absolute atomic E-state index is 0.0722. The van der Waals surface area contributed by atoms with Gasteiger partial charge in [0.1, 0.15) is 29.5 Å². The number of carbonyl (C=O) groups excluding carboxylic acids is 1. The Morgan fingerprint density at radius 1 is 1.23 bits per heavy atom. The van der Waals surface area contributed by atoms with Crippen LogP contribution in [0.25, 0.3) is 0 Å². The lowest BCUT2D eigenvalue weighted by Crippen LogP contribution is -2.35. The van der Waals surface area contributed by atoms with E-state index in [2.05, 4.69) is 0 Å². The fourth-order valence-corrected chi connectivity index (χ4v) is 2.52. The van der Waals surface area contributed by atoms with Gasteiger partial charge in [-0.2, -0.15) is 0 Å². The number of carbonyl (C=O) groups is 1. The quantitative estimate of drug-likeness (QED) is 0.854. The highest BCUT2D eigenvalue weighted by molar-refractivity contribution is 6.00. The standard InChI is InChI=1S/C18H17FO3/c1-18(2)10-16(20)15-7-6-14(9-17(15)22-18)21-11-12-4-3-5-13(19)8-12/h3-9H,10-11H2,1-2H3. The Kier molecular flexibility index (Phi) is 3.61. The van der Waals surface area contributed by atoms with Crippen LogP contribution < -0.4 is 9.47 Å². The van der Waals surface area contributed by atoms with Crippen molar-refractivity contribution in [2.24, 2.45) is 0 Å². The van der Waals surface area contributed by atoms with Gasteiger partial charge in [-0.3, -0.25) is 4.79 Å². The molecule has 1 aliphatic heterocycles. The van der Waals surface area contributed by atoms with Crippen molar-refractivity contribution in [2.75, 3.05) is 0 Å². The van der Waals surface area contributed by atoms with Crippen LogP contribution in [0, 0.1) is 5.82 Å². The predicted octanol–water partition coefficient (Wildman–Crippen LogP) is 4.15. The maximum absolute atomic E-state index is 13.1. The van der Waals surface area contributed by atoms with Crippen molar-refractivity contribution in [1.29, 1.82) is 0 Å². The zero-order valence-electron chi connectivity index (χ0n) is 12.6. The summed E-state index contributed by atoms with van der Waals surface area (Å²) in [4.78, 5) is 12.1. The van der Waals surface area contributed by atoms with E-state index < -0.39 is 5.60 Å². The number of ketones is 1. The zero-order chi connectivity index (χ0) is 15.7. The first-order valence-corrected chi connectivity index (χ1v) is 7.16. The highest BCUT2D eigenvalue weighted by Crippen LogP contribution is 2.35. The van der Waals surface area contributed by atoms with Crippen LogP contribution in [0.3, 0.4) is 0 Å². The van der Waals surface area contributed by atoms with Crippen LogP contribution in [0.2, 0.25) is 0 Å². The third-order valence-corrected chi connectivity index (χ3v) is 3.52. The molecular weight excluding hydrogens is 283 g/mol. The average Bonchev–Trinajstić information content (AvgIpc) is 2.43. The molecule has 0 saturated carbocycles. The predicted molar refractivity (Wildman–Crippen MR) is 80.8 cm³/mol. The van der Waals surface area contributed by atoms with E-state index in [4.69, 9.17) is 9.47 Å². The molecule has 2 aromatic rings. The molecule has 0 N–H and O–H groups in total. The summed E-state index contributed by atoms with van der Waals surface area (Å²) in [5, 5.41) is 0. The second kappa shape index (κ2) is 5.44. The van der Waals surface area contributed by atoms with E-state index in [9.17, 15) is 9.18 Å². The molecule has 0 amide bonds. The Labute approximate surface area is 128 Å². The summed E-state index contributed by atoms with van der Waals surface area (Å²) in [7, 11) is 0. The molecule has 0 radical (unpaired) electrons. The van der Waals surface area contributed by atoms with E-state index in [-0.39, 0.29) is 18.2 Å². The second-order valence-corrected chi connectivity index (χ2v) is 6.04. The van der Waals surface area contributed by atoms with Crippen LogP contribution in [0.15, 0.2) is 42.5 Å². The van der Waals surface area contributed by atoms with Crippen LogP contribution in [-0.4, -0.2) is 11.4 Å². The van der Waals surface area contributed by atoms with Crippen LogP contribution in [0.1, 0.15) is 36.2 Å². The number of benzene rings is 2. The van der Waals surface area contributed by atoms with E-state index >= 15 is 0 Å². The first-order chi connectivity index (χ1) is 10.4. The fraction of sp³-hybridized carbons (Fsp3) is 0.278. The maximum atomic E-state index is 13.1. The monoisotopic (exact) mass is 300 g/mol. The van der Waals surface area contributed by atoms with Gasteiger partial charge in [-0.15, -0.1) is 0 Å². The first kappa shape index (κ1) is 14.6. The lowest BCUT2D eigenvalue weighted by atomic mass is 9.93. The summed E-state index contributed by atoms with van der Waals surface area (Å²) >= 11 is 0. The summed E-state index contributed by atoms with van der Waals surface area (Å²) in [6.07, 6.45) is 0.365. The third-order valence-electron chi connectivity index (χ3n) is 3.52. The molecule has 0 unspecified atom stereocenters. The van der Waals surface area contributed by atoms with Crippen LogP contribution in [0.5, 0.6) is 11.5 Å². The third kappa shape index (κ3) is 3.11. The molecule has 3 rings (SSSR count). The lowest BCUT2D eigenvalue weighted by molar-refractivity contribution is 0.0618. The molecule has 4 heteroatoms. The molecule has 114 valence electrons. The second-order valence-electron chi connectivity index (χ2n) is 6.04. The Balaban J connectivity index is 1.78. The molecule has 0 aromatic heterocycles. The largest absolute Gasteiger partial charge is 0.489 e. The molecule has 1 heterocycles. The smallest absolute Gasteiger partial charge is 0.170 e. The molecule has 0 fully saturated rings. The molecule has 0 aliphatic carbocycles. The van der Waals surface area contributed by atoms with E-state index in [0.717, 1.165) is 5.56 Å². The van der Waals surface area contributed by atoms with Gasteiger partial charge in [0.15, 0.2) is 5.78 Å². The fourth-order valence-electron chi connectivity index (χ4n) is 2.52. The lowest BCUT2D eigenvalue weighted by Gasteiger charge is -2.31. The van der Waals surface area contributed by atoms with Gasteiger partial charge in [-0.25, -0.2) is 4.39 Å². The Bertz CT molecular complexity index is 722. The SMILES string of the molecule is CC1(C)CC(=O)c2ccc(OCc3cccc(F)c3)cc2O1. The van der Waals surface area contributed by atoms with Crippen molar-refractivity contribution < 1.29 is 18.7 Å². The minimum Gasteiger partial charge on any atom is -0.489 e. The normalized spacial score (nSPS) is 15.9. The number of halogens is 1. The van der Waals surface area contributed by atoms with Gasteiger partial charge in [0.25, 0.3) is 0 Å². The Morgan fingerprint density at radius 2 is 2.05 bits per heavy atom. The summed E-state index contributed by atoms with van der Waals surface area (Å²) in [5.41, 5.74) is 0.818. The van der Waals surface area contributed by atoms with Crippen molar-refractivity contribution in [3.05, 3.63) is 59.4 Å².